The zero-order valence-electron chi connectivity index (χ0n) is 11.2. The maximum absolute atomic E-state index is 12.4. The van der Waals surface area contributed by atoms with Crippen LogP contribution in [0.25, 0.3) is 0 Å². The van der Waals surface area contributed by atoms with Crippen molar-refractivity contribution in [2.75, 3.05) is 7.11 Å². The Labute approximate surface area is 140 Å². The topological polar surface area (TPSA) is 26.3 Å². The summed E-state index contributed by atoms with van der Waals surface area (Å²) >= 11 is 5.67. The first-order chi connectivity index (χ1) is 9.52. The second-order valence-corrected chi connectivity index (χ2v) is 6.44. The van der Waals surface area contributed by atoms with Gasteiger partial charge in [-0.05, 0) is 68.7 Å². The fourth-order valence-corrected chi connectivity index (χ4v) is 3.21. The molecule has 2 aromatic rings. The van der Waals surface area contributed by atoms with Crippen LogP contribution in [-0.2, 0) is 6.42 Å². The van der Waals surface area contributed by atoms with Crippen molar-refractivity contribution in [3.05, 3.63) is 61.1 Å². The van der Waals surface area contributed by atoms with Gasteiger partial charge in [0.25, 0.3) is 0 Å². The van der Waals surface area contributed by atoms with Crippen molar-refractivity contribution < 1.29 is 9.53 Å². The first-order valence-corrected chi connectivity index (χ1v) is 8.01. The minimum absolute atomic E-state index is 0.134. The second-order valence-electron chi connectivity index (χ2n) is 4.51. The number of hydrogen-bond donors (Lipinski definition) is 0. The van der Waals surface area contributed by atoms with Crippen LogP contribution in [-0.4, -0.2) is 12.9 Å². The first-order valence-electron chi connectivity index (χ1n) is 6.13. The molecule has 20 heavy (non-hydrogen) atoms. The number of carbonyl (C=O) groups excluding carboxylic acids is 1. The van der Waals surface area contributed by atoms with Crippen LogP contribution < -0.4 is 4.74 Å². The van der Waals surface area contributed by atoms with E-state index in [4.69, 9.17) is 4.74 Å². The number of halogens is 2. The van der Waals surface area contributed by atoms with E-state index in [-0.39, 0.29) is 5.78 Å². The third-order valence-electron chi connectivity index (χ3n) is 3.07. The molecule has 104 valence electrons. The van der Waals surface area contributed by atoms with E-state index in [1.165, 1.54) is 0 Å². The Morgan fingerprint density at radius 3 is 2.70 bits per heavy atom. The molecule has 0 saturated heterocycles. The van der Waals surface area contributed by atoms with Gasteiger partial charge >= 0.3 is 0 Å². The molecule has 0 atom stereocenters. The normalized spacial score (nSPS) is 10.4. The number of Topliss-reactive ketones (excluding diaryl/α,β-unsaturated/α-hetero) is 1. The standard InChI is InChI=1S/C16H14BrIO2/c1-10-4-3-5-12(16(10)18)14(19)9-11-6-7-15(20-2)13(17)8-11/h3-8H,9H2,1-2H3. The molecule has 0 aliphatic rings. The van der Waals surface area contributed by atoms with Crippen LogP contribution in [0.5, 0.6) is 5.75 Å². The molecule has 0 aliphatic carbocycles. The highest BCUT2D eigenvalue weighted by Crippen LogP contribution is 2.26. The van der Waals surface area contributed by atoms with Crippen LogP contribution in [0.2, 0.25) is 0 Å². The summed E-state index contributed by atoms with van der Waals surface area (Å²) in [5, 5.41) is 0. The Kier molecular flexibility index (Phi) is 5.21. The van der Waals surface area contributed by atoms with E-state index in [0.717, 1.165) is 30.5 Å². The molecule has 0 radical (unpaired) electrons. The van der Waals surface area contributed by atoms with Crippen molar-refractivity contribution >= 4 is 44.3 Å². The summed E-state index contributed by atoms with van der Waals surface area (Å²) in [4.78, 5) is 12.4. The summed E-state index contributed by atoms with van der Waals surface area (Å²) in [6.07, 6.45) is 0.391. The Morgan fingerprint density at radius 2 is 2.05 bits per heavy atom. The molecule has 0 aromatic heterocycles. The Hall–Kier alpha value is -0.880. The summed E-state index contributed by atoms with van der Waals surface area (Å²) in [6.45, 7) is 2.02. The van der Waals surface area contributed by atoms with Crippen molar-refractivity contribution in [1.29, 1.82) is 0 Å². The SMILES string of the molecule is COc1ccc(CC(=O)c2cccc(C)c2I)cc1Br. The lowest BCUT2D eigenvalue weighted by molar-refractivity contribution is 0.0992. The van der Waals surface area contributed by atoms with Gasteiger partial charge in [0.1, 0.15) is 5.75 Å². The van der Waals surface area contributed by atoms with Crippen LogP contribution in [0.1, 0.15) is 21.5 Å². The lowest BCUT2D eigenvalue weighted by atomic mass is 10.0. The molecular weight excluding hydrogens is 431 g/mol. The summed E-state index contributed by atoms with van der Waals surface area (Å²) in [5.74, 6) is 0.904. The van der Waals surface area contributed by atoms with E-state index in [1.807, 2.05) is 43.3 Å². The molecule has 0 saturated carbocycles. The van der Waals surface area contributed by atoms with Gasteiger partial charge in [0.2, 0.25) is 0 Å². The highest BCUT2D eigenvalue weighted by atomic mass is 127. The second kappa shape index (κ2) is 6.72. The van der Waals surface area contributed by atoms with Crippen LogP contribution in [0.15, 0.2) is 40.9 Å². The Morgan fingerprint density at radius 1 is 1.30 bits per heavy atom. The Bertz CT molecular complexity index is 653. The number of ether oxygens (including phenoxy) is 1. The van der Waals surface area contributed by atoms with Gasteiger partial charge in [0, 0.05) is 15.6 Å². The molecule has 0 fully saturated rings. The number of ketones is 1. The van der Waals surface area contributed by atoms with E-state index in [9.17, 15) is 4.79 Å². The van der Waals surface area contributed by atoms with Crippen LogP contribution in [0.3, 0.4) is 0 Å². The predicted octanol–water partition coefficient (Wildman–Crippen LogP) is 4.80. The fraction of sp³-hybridized carbons (Fsp3) is 0.188. The first kappa shape index (κ1) is 15.5. The molecule has 0 aliphatic heterocycles. The van der Waals surface area contributed by atoms with E-state index in [1.54, 1.807) is 7.11 Å². The smallest absolute Gasteiger partial charge is 0.168 e. The van der Waals surface area contributed by atoms with Crippen molar-refractivity contribution in [2.24, 2.45) is 0 Å². The van der Waals surface area contributed by atoms with Crippen molar-refractivity contribution in [3.63, 3.8) is 0 Å². The van der Waals surface area contributed by atoms with E-state index in [2.05, 4.69) is 38.5 Å². The van der Waals surface area contributed by atoms with Crippen molar-refractivity contribution in [3.8, 4) is 5.75 Å². The van der Waals surface area contributed by atoms with Crippen LogP contribution in [0.4, 0.5) is 0 Å². The van der Waals surface area contributed by atoms with Gasteiger partial charge in [0.05, 0.1) is 11.6 Å². The average Bonchev–Trinajstić information content (AvgIpc) is 2.42. The molecule has 0 amide bonds. The average molecular weight is 445 g/mol. The number of aryl methyl sites for hydroxylation is 1. The number of methoxy groups -OCH3 is 1. The number of hydrogen-bond acceptors (Lipinski definition) is 2. The van der Waals surface area contributed by atoms with Crippen molar-refractivity contribution in [1.82, 2.24) is 0 Å². The molecule has 2 rings (SSSR count). The molecule has 2 nitrogen and oxygen atoms in total. The van der Waals surface area contributed by atoms with Gasteiger partial charge in [-0.15, -0.1) is 0 Å². The quantitative estimate of drug-likeness (QED) is 0.500. The molecule has 0 N–H and O–H groups in total. The summed E-state index contributed by atoms with van der Waals surface area (Å²) in [5.41, 5.74) is 2.89. The van der Waals surface area contributed by atoms with Gasteiger partial charge in [-0.25, -0.2) is 0 Å². The zero-order valence-corrected chi connectivity index (χ0v) is 15.0. The monoisotopic (exact) mass is 444 g/mol. The molecule has 0 heterocycles. The summed E-state index contributed by atoms with van der Waals surface area (Å²) in [6, 6.07) is 11.5. The molecule has 0 bridgehead atoms. The summed E-state index contributed by atoms with van der Waals surface area (Å²) < 4.78 is 7.09. The summed E-state index contributed by atoms with van der Waals surface area (Å²) in [7, 11) is 1.63. The minimum atomic E-state index is 0.134. The maximum atomic E-state index is 12.4. The fourth-order valence-electron chi connectivity index (χ4n) is 1.96. The van der Waals surface area contributed by atoms with E-state index < -0.39 is 0 Å². The highest BCUT2D eigenvalue weighted by Gasteiger charge is 2.13. The van der Waals surface area contributed by atoms with Gasteiger partial charge in [-0.2, -0.15) is 0 Å². The molecule has 0 spiro atoms. The number of rotatable bonds is 4. The van der Waals surface area contributed by atoms with E-state index in [0.29, 0.717) is 6.42 Å². The maximum Gasteiger partial charge on any atom is 0.168 e. The van der Waals surface area contributed by atoms with Gasteiger partial charge in [0.15, 0.2) is 5.78 Å². The minimum Gasteiger partial charge on any atom is -0.496 e. The van der Waals surface area contributed by atoms with Gasteiger partial charge < -0.3 is 4.74 Å². The number of benzene rings is 2. The lowest BCUT2D eigenvalue weighted by Crippen LogP contribution is -2.06. The highest BCUT2D eigenvalue weighted by molar-refractivity contribution is 14.1. The van der Waals surface area contributed by atoms with Crippen LogP contribution >= 0.6 is 38.5 Å². The molecular formula is C16H14BrIO2. The van der Waals surface area contributed by atoms with Gasteiger partial charge in [-0.3, -0.25) is 4.79 Å². The molecule has 0 unspecified atom stereocenters. The van der Waals surface area contributed by atoms with E-state index >= 15 is 0 Å². The van der Waals surface area contributed by atoms with Crippen molar-refractivity contribution in [2.45, 2.75) is 13.3 Å². The lowest BCUT2D eigenvalue weighted by Gasteiger charge is -2.08. The van der Waals surface area contributed by atoms with Crippen LogP contribution in [0, 0.1) is 10.5 Å². The predicted molar refractivity (Wildman–Crippen MR) is 92.6 cm³/mol. The molecule has 4 heteroatoms. The van der Waals surface area contributed by atoms with Gasteiger partial charge in [-0.1, -0.05) is 24.3 Å². The molecule has 2 aromatic carbocycles. The number of carbonyl (C=O) groups is 1. The zero-order chi connectivity index (χ0) is 14.7. The third-order valence-corrected chi connectivity index (χ3v) is 5.12. The third kappa shape index (κ3) is 3.41. The Balaban J connectivity index is 2.24. The largest absolute Gasteiger partial charge is 0.496 e.